The number of carbonyl (C=O) groups excluding carboxylic acids is 1. The van der Waals surface area contributed by atoms with Gasteiger partial charge >= 0.3 is 17.3 Å². The number of esters is 1. The van der Waals surface area contributed by atoms with Gasteiger partial charge in [0.25, 0.3) is 0 Å². The van der Waals surface area contributed by atoms with Crippen LogP contribution in [-0.2, 0) is 14.2 Å². The topological polar surface area (TPSA) is 46.2 Å². The van der Waals surface area contributed by atoms with E-state index < -0.39 is 0 Å². The second kappa shape index (κ2) is 25.3. The zero-order valence-corrected chi connectivity index (χ0v) is 5.92. The molecule has 0 aromatic rings. The molecule has 0 bridgehead atoms. The molecule has 0 rings (SSSR count). The van der Waals surface area contributed by atoms with Crippen LogP contribution in [-0.4, -0.2) is 5.97 Å². The molecular formula is C7H10O3. The molecule has 3 heteroatoms. The van der Waals surface area contributed by atoms with E-state index in [0.717, 1.165) is 6.26 Å². The third-order valence-electron chi connectivity index (χ3n) is 0.249. The number of hydrogen-bond acceptors (Lipinski definition) is 2. The first-order chi connectivity index (χ1) is 4.77. The molecule has 0 spiro atoms. The molecule has 0 unspecified atom stereocenters. The molecule has 0 N–H and O–H groups in total. The normalized spacial score (nSPS) is 4.70. The van der Waals surface area contributed by atoms with E-state index in [2.05, 4.69) is 31.1 Å². The molecule has 0 aromatic carbocycles. The maximum absolute atomic E-state index is 9.75. The van der Waals surface area contributed by atoms with Gasteiger partial charge in [-0.1, -0.05) is 6.58 Å². The van der Waals surface area contributed by atoms with Crippen molar-refractivity contribution in [3.8, 4) is 0 Å². The van der Waals surface area contributed by atoms with E-state index in [4.69, 9.17) is 4.65 Å². The van der Waals surface area contributed by atoms with Crippen LogP contribution in [0, 0.1) is 6.65 Å². The summed E-state index contributed by atoms with van der Waals surface area (Å²) in [5, 5.41) is 0. The van der Waals surface area contributed by atoms with Crippen molar-refractivity contribution in [3.05, 3.63) is 32.6 Å². The summed E-state index contributed by atoms with van der Waals surface area (Å²) in [7, 11) is 0. The summed E-state index contributed by atoms with van der Waals surface area (Å²) in [5.41, 5.74) is 0. The molecule has 0 saturated carbocycles. The van der Waals surface area contributed by atoms with Crippen LogP contribution in [0.2, 0.25) is 0 Å². The Morgan fingerprint density at radius 2 is 1.90 bits per heavy atom. The molecule has 0 heterocycles. The van der Waals surface area contributed by atoms with Crippen molar-refractivity contribution in [1.29, 1.82) is 0 Å². The van der Waals surface area contributed by atoms with E-state index in [1.165, 1.54) is 6.92 Å². The molecule has 0 saturated heterocycles. The molecular weight excluding hydrogens is 132 g/mol. The van der Waals surface area contributed by atoms with Gasteiger partial charge in [0.2, 0.25) is 0 Å². The van der Waals surface area contributed by atoms with Gasteiger partial charge in [-0.25, -0.2) is 0 Å². The molecule has 0 amide bonds. The Morgan fingerprint density at radius 3 is 1.90 bits per heavy atom. The van der Waals surface area contributed by atoms with E-state index in [0.29, 0.717) is 0 Å². The van der Waals surface area contributed by atoms with Crippen LogP contribution in [0.5, 0.6) is 0 Å². The average Bonchev–Trinajstić information content (AvgIpc) is 1.96. The molecule has 0 fully saturated rings. The fourth-order valence-electron chi connectivity index (χ4n) is 0.117. The zero-order valence-electron chi connectivity index (χ0n) is 5.92. The van der Waals surface area contributed by atoms with Gasteiger partial charge in [0.1, 0.15) is 0 Å². The van der Waals surface area contributed by atoms with Crippen LogP contribution in [0.25, 0.3) is 0 Å². The van der Waals surface area contributed by atoms with Crippen LogP contribution < -0.4 is 0 Å². The van der Waals surface area contributed by atoms with Crippen molar-refractivity contribution in [3.63, 3.8) is 0 Å². The Morgan fingerprint density at radius 1 is 1.60 bits per heavy atom. The first kappa shape index (κ1) is 15.9. The molecule has 10 heavy (non-hydrogen) atoms. The molecule has 0 atom stereocenters. The summed E-state index contributed by atoms with van der Waals surface area (Å²) in [6.45, 7) is 15.0. The van der Waals surface area contributed by atoms with Gasteiger partial charge in [0.15, 0.2) is 0 Å². The molecule has 0 aliphatic heterocycles. The second-order valence-corrected chi connectivity index (χ2v) is 0.776. The van der Waals surface area contributed by atoms with E-state index in [9.17, 15) is 4.79 Å². The number of carbonyl (C=O) groups is 1. The van der Waals surface area contributed by atoms with Gasteiger partial charge in [-0.05, 0) is 0 Å². The first-order valence-electron chi connectivity index (χ1n) is 2.26. The summed E-state index contributed by atoms with van der Waals surface area (Å²) in [6, 6.07) is 0. The van der Waals surface area contributed by atoms with Crippen LogP contribution >= 0.6 is 0 Å². The van der Waals surface area contributed by atoms with Crippen molar-refractivity contribution in [2.24, 2.45) is 0 Å². The van der Waals surface area contributed by atoms with E-state index in [1.54, 1.807) is 0 Å². The minimum atomic E-state index is -0.329. The third kappa shape index (κ3) is 75.8. The summed E-state index contributed by atoms with van der Waals surface area (Å²) >= 11 is 0. The Bertz CT molecular complexity index is 105. The third-order valence-corrected chi connectivity index (χ3v) is 0.249. The van der Waals surface area contributed by atoms with Gasteiger partial charge in [-0.15, -0.1) is 13.2 Å². The van der Waals surface area contributed by atoms with Crippen LogP contribution in [0.1, 0.15) is 6.92 Å². The van der Waals surface area contributed by atoms with Crippen molar-refractivity contribution >= 4 is 5.97 Å². The Hall–Kier alpha value is -1.31. The Balaban J connectivity index is -0.000000105. The first-order valence-corrected chi connectivity index (χ1v) is 2.26. The maximum atomic E-state index is 9.75. The van der Waals surface area contributed by atoms with Gasteiger partial charge in [-0.3, -0.25) is 4.79 Å². The second-order valence-electron chi connectivity index (χ2n) is 0.776. The molecule has 0 aliphatic rings. The monoisotopic (exact) mass is 142 g/mol. The van der Waals surface area contributed by atoms with Gasteiger partial charge in [0, 0.05) is 6.92 Å². The van der Waals surface area contributed by atoms with E-state index in [-0.39, 0.29) is 5.97 Å². The molecule has 0 aliphatic carbocycles. The zero-order chi connectivity index (χ0) is 8.99. The van der Waals surface area contributed by atoms with Crippen molar-refractivity contribution in [2.75, 3.05) is 0 Å². The Kier molecular flexibility index (Phi) is 40.1. The van der Waals surface area contributed by atoms with Crippen LogP contribution in [0.3, 0.4) is 0 Å². The van der Waals surface area contributed by atoms with E-state index >= 15 is 0 Å². The molecule has 3 nitrogen and oxygen atoms in total. The quantitative estimate of drug-likeness (QED) is 0.183. The number of ether oxygens (including phenoxy) is 1. The van der Waals surface area contributed by atoms with Gasteiger partial charge in [0.05, 0.1) is 6.26 Å². The molecule has 0 aromatic heterocycles. The fourth-order valence-corrected chi connectivity index (χ4v) is 0.117. The van der Waals surface area contributed by atoms with Crippen molar-refractivity contribution in [1.82, 2.24) is 0 Å². The van der Waals surface area contributed by atoms with Crippen LogP contribution in [0.15, 0.2) is 26.0 Å². The average molecular weight is 142 g/mol. The number of hydrogen-bond donors (Lipinski definition) is 0. The molecule has 56 valence electrons. The standard InChI is InChI=1S/C4H6O2.C2H4.CO/c1-3-6-4(2)5;2*1-2/h3H,1H2,2H3;1-2H2;. The summed E-state index contributed by atoms with van der Waals surface area (Å²) in [5.74, 6) is -0.329. The summed E-state index contributed by atoms with van der Waals surface area (Å²) < 4.78 is 11.7. The van der Waals surface area contributed by atoms with Gasteiger partial charge < -0.3 is 4.74 Å². The van der Waals surface area contributed by atoms with Crippen molar-refractivity contribution in [2.45, 2.75) is 6.92 Å². The van der Waals surface area contributed by atoms with Crippen molar-refractivity contribution < 1.29 is 14.2 Å². The van der Waals surface area contributed by atoms with Crippen LogP contribution in [0.4, 0.5) is 0 Å². The predicted molar refractivity (Wildman–Crippen MR) is 37.1 cm³/mol. The minimum absolute atomic E-state index is 0.329. The Labute approximate surface area is 60.7 Å². The van der Waals surface area contributed by atoms with Gasteiger partial charge in [-0.2, -0.15) is 0 Å². The summed E-state index contributed by atoms with van der Waals surface area (Å²) in [6.07, 6.45) is 1.10. The fraction of sp³-hybridized carbons (Fsp3) is 0.143. The summed E-state index contributed by atoms with van der Waals surface area (Å²) in [4.78, 5) is 9.75. The molecule has 0 radical (unpaired) electrons. The SMILES string of the molecule is C=C.C=COC(C)=O.[C-]#[O+]. The van der Waals surface area contributed by atoms with E-state index in [1.807, 2.05) is 0 Å². The predicted octanol–water partition coefficient (Wildman–Crippen LogP) is 1.46. The number of rotatable bonds is 1.